The Morgan fingerprint density at radius 3 is 1.94 bits per heavy atom. The zero-order chi connectivity index (χ0) is 40.0. The predicted molar refractivity (Wildman–Crippen MR) is 209 cm³/mol. The number of anilines is 1. The zero-order valence-electron chi connectivity index (χ0n) is 34.3. The van der Waals surface area contributed by atoms with Crippen LogP contribution in [0.15, 0.2) is 42.5 Å². The number of amides is 3. The van der Waals surface area contributed by atoms with Crippen molar-refractivity contribution in [1.29, 1.82) is 0 Å². The summed E-state index contributed by atoms with van der Waals surface area (Å²) in [6.45, 7) is 23.5. The monoisotopic (exact) mass is 745 g/mol. The smallest absolute Gasteiger partial charge is 0.456 e. The normalized spacial score (nSPS) is 23.2. The first-order valence-corrected chi connectivity index (χ1v) is 19.3. The Hall–Kier alpha value is -3.90. The molecule has 54 heavy (non-hydrogen) atoms. The number of ether oxygens (including phenoxy) is 2. The summed E-state index contributed by atoms with van der Waals surface area (Å²) in [7, 11) is -0.642. The Kier molecular flexibility index (Phi) is 11.4. The molecule has 2 fully saturated rings. The fraction of sp³-hybridized carbons (Fsp3) is 0.619. The predicted octanol–water partition coefficient (Wildman–Crippen LogP) is 7.12. The number of rotatable bonds is 7. The first-order chi connectivity index (χ1) is 24.9. The molecule has 0 spiro atoms. The van der Waals surface area contributed by atoms with E-state index in [1.165, 1.54) is 0 Å². The molecular formula is C42H60BN3O8. The first-order valence-electron chi connectivity index (χ1n) is 19.3. The van der Waals surface area contributed by atoms with Crippen molar-refractivity contribution < 1.29 is 38.0 Å². The summed E-state index contributed by atoms with van der Waals surface area (Å²) < 4.78 is 23.9. The number of fused-ring (bicyclic) bond motifs is 1. The molecule has 5 rings (SSSR count). The van der Waals surface area contributed by atoms with E-state index in [0.717, 1.165) is 29.4 Å². The van der Waals surface area contributed by atoms with Crippen LogP contribution in [-0.4, -0.2) is 70.4 Å². The number of benzene rings is 2. The third kappa shape index (κ3) is 9.30. The molecule has 1 unspecified atom stereocenters. The Morgan fingerprint density at radius 2 is 1.39 bits per heavy atom. The number of alkyl carbamates (subject to hydrolysis) is 1. The maximum atomic E-state index is 14.8. The van der Waals surface area contributed by atoms with Crippen LogP contribution >= 0.6 is 0 Å². The maximum absolute atomic E-state index is 14.8. The summed E-state index contributed by atoms with van der Waals surface area (Å²) in [4.78, 5) is 56.2. The van der Waals surface area contributed by atoms with Crippen molar-refractivity contribution in [3.63, 3.8) is 0 Å². The summed E-state index contributed by atoms with van der Waals surface area (Å²) in [5.74, 6) is -0.930. The lowest BCUT2D eigenvalue weighted by molar-refractivity contribution is -0.151. The van der Waals surface area contributed by atoms with Gasteiger partial charge in [0, 0.05) is 23.7 Å². The van der Waals surface area contributed by atoms with E-state index < -0.39 is 53.2 Å². The van der Waals surface area contributed by atoms with Crippen molar-refractivity contribution in [2.75, 3.05) is 11.9 Å². The molecule has 294 valence electrons. The van der Waals surface area contributed by atoms with Gasteiger partial charge in [-0.05, 0) is 162 Å². The van der Waals surface area contributed by atoms with E-state index in [1.807, 2.05) is 101 Å². The van der Waals surface area contributed by atoms with Crippen LogP contribution in [0.3, 0.4) is 0 Å². The summed E-state index contributed by atoms with van der Waals surface area (Å²) in [6, 6.07) is 11.5. The van der Waals surface area contributed by atoms with Gasteiger partial charge >= 0.3 is 19.2 Å². The van der Waals surface area contributed by atoms with Crippen LogP contribution < -0.4 is 16.1 Å². The topological polar surface area (TPSA) is 132 Å². The molecule has 1 saturated carbocycles. The van der Waals surface area contributed by atoms with Gasteiger partial charge in [-0.1, -0.05) is 18.2 Å². The van der Waals surface area contributed by atoms with E-state index in [4.69, 9.17) is 18.8 Å². The number of nitrogens with one attached hydrogen (secondary N) is 2. The van der Waals surface area contributed by atoms with Crippen molar-refractivity contribution in [3.05, 3.63) is 59.2 Å². The molecule has 0 aromatic heterocycles. The van der Waals surface area contributed by atoms with Gasteiger partial charge in [-0.15, -0.1) is 0 Å². The van der Waals surface area contributed by atoms with Crippen LogP contribution in [0.5, 0.6) is 0 Å². The first kappa shape index (κ1) is 41.3. The van der Waals surface area contributed by atoms with E-state index in [9.17, 15) is 19.2 Å². The van der Waals surface area contributed by atoms with Gasteiger partial charge in [-0.25, -0.2) is 9.59 Å². The van der Waals surface area contributed by atoms with Crippen molar-refractivity contribution in [2.24, 2.45) is 11.8 Å². The number of nitrogens with zero attached hydrogens (tertiary/aromatic N) is 1. The Labute approximate surface area is 321 Å². The third-order valence-electron chi connectivity index (χ3n) is 11.0. The second-order valence-corrected chi connectivity index (χ2v) is 18.8. The van der Waals surface area contributed by atoms with Crippen LogP contribution in [0.25, 0.3) is 0 Å². The summed E-state index contributed by atoms with van der Waals surface area (Å²) >= 11 is 0. The molecule has 1 aliphatic carbocycles. The lowest BCUT2D eigenvalue weighted by Crippen LogP contribution is -2.59. The van der Waals surface area contributed by atoms with Crippen molar-refractivity contribution in [1.82, 2.24) is 10.2 Å². The second-order valence-electron chi connectivity index (χ2n) is 18.8. The average Bonchev–Trinajstić information content (AvgIpc) is 3.26. The van der Waals surface area contributed by atoms with Crippen LogP contribution in [0.4, 0.5) is 10.5 Å². The number of carbonyl (C=O) groups is 4. The molecule has 2 aromatic rings. The van der Waals surface area contributed by atoms with Gasteiger partial charge in [0.2, 0.25) is 5.91 Å². The number of esters is 1. The van der Waals surface area contributed by atoms with Gasteiger partial charge in [-0.2, -0.15) is 0 Å². The second kappa shape index (κ2) is 15.0. The number of hydrogen-bond donors (Lipinski definition) is 2. The SMILES string of the molecule is CC(C)(C)OC(=O)NCC1CCC(C(=O)N2C(C(=O)Nc3ccc(C(=O)OC(C)(C)C)cc3)c3cccc(B4OC(C)(C)C(C)(C)O4)c3CC2(C)C)CC1. The molecule has 1 saturated heterocycles. The van der Waals surface area contributed by atoms with Gasteiger partial charge < -0.3 is 34.3 Å². The van der Waals surface area contributed by atoms with Gasteiger partial charge in [0.15, 0.2) is 0 Å². The summed E-state index contributed by atoms with van der Waals surface area (Å²) in [5.41, 5.74) is 0.284. The maximum Gasteiger partial charge on any atom is 0.495 e. The zero-order valence-corrected chi connectivity index (χ0v) is 34.3. The molecule has 1 atom stereocenters. The van der Waals surface area contributed by atoms with Gasteiger partial charge in [0.05, 0.1) is 16.8 Å². The average molecular weight is 746 g/mol. The van der Waals surface area contributed by atoms with Gasteiger partial charge in [0.1, 0.15) is 17.2 Å². The van der Waals surface area contributed by atoms with Crippen molar-refractivity contribution in [2.45, 2.75) is 149 Å². The highest BCUT2D eigenvalue weighted by molar-refractivity contribution is 6.62. The molecule has 3 aliphatic rings. The van der Waals surface area contributed by atoms with Gasteiger partial charge in [0.25, 0.3) is 5.91 Å². The van der Waals surface area contributed by atoms with Gasteiger partial charge in [-0.3, -0.25) is 9.59 Å². The van der Waals surface area contributed by atoms with Crippen LogP contribution in [0, 0.1) is 11.8 Å². The van der Waals surface area contributed by atoms with E-state index in [-0.39, 0.29) is 23.7 Å². The molecule has 11 nitrogen and oxygen atoms in total. The Morgan fingerprint density at radius 1 is 0.815 bits per heavy atom. The van der Waals surface area contributed by atoms with Crippen molar-refractivity contribution >= 4 is 42.1 Å². The van der Waals surface area contributed by atoms with Crippen LogP contribution in [-0.2, 0) is 34.8 Å². The summed E-state index contributed by atoms with van der Waals surface area (Å²) in [5, 5.41) is 5.95. The van der Waals surface area contributed by atoms with E-state index in [2.05, 4.69) is 10.6 Å². The molecule has 2 N–H and O–H groups in total. The fourth-order valence-electron chi connectivity index (χ4n) is 7.55. The van der Waals surface area contributed by atoms with E-state index >= 15 is 0 Å². The van der Waals surface area contributed by atoms with Crippen molar-refractivity contribution in [3.8, 4) is 0 Å². The molecule has 0 bridgehead atoms. The fourth-order valence-corrected chi connectivity index (χ4v) is 7.55. The molecule has 12 heteroatoms. The minimum atomic E-state index is -0.948. The number of hydrogen-bond acceptors (Lipinski definition) is 8. The highest BCUT2D eigenvalue weighted by Crippen LogP contribution is 2.44. The molecule has 2 aliphatic heterocycles. The number of carbonyl (C=O) groups excluding carboxylic acids is 4. The highest BCUT2D eigenvalue weighted by atomic mass is 16.7. The molecule has 3 amide bonds. The highest BCUT2D eigenvalue weighted by Gasteiger charge is 2.54. The minimum Gasteiger partial charge on any atom is -0.456 e. The summed E-state index contributed by atoms with van der Waals surface area (Å²) in [6.07, 6.45) is 2.88. The largest absolute Gasteiger partial charge is 0.495 e. The van der Waals surface area contributed by atoms with E-state index in [1.54, 1.807) is 29.2 Å². The molecule has 2 heterocycles. The molecule has 2 aromatic carbocycles. The molecule has 0 radical (unpaired) electrons. The standard InChI is InChI=1S/C42H60BN3O8/c1-38(2,3)51-36(49)28-20-22-29(23-21-28)45-34(47)33-30-14-13-15-32(43-53-41(9,10)42(11,12)54-43)31(30)24-40(7,8)46(33)35(48)27-18-16-26(17-19-27)25-44-37(50)52-39(4,5)6/h13-15,20-23,26-27,33H,16-19,24-25H2,1-12H3,(H,44,50)(H,45,47). The lowest BCUT2D eigenvalue weighted by atomic mass is 9.68. The molecular weight excluding hydrogens is 685 g/mol. The van der Waals surface area contributed by atoms with Crippen LogP contribution in [0.1, 0.15) is 136 Å². The lowest BCUT2D eigenvalue weighted by Gasteiger charge is -2.50. The third-order valence-corrected chi connectivity index (χ3v) is 11.0. The quantitative estimate of drug-likeness (QED) is 0.226. The van der Waals surface area contributed by atoms with Crippen LogP contribution in [0.2, 0.25) is 0 Å². The Bertz CT molecular complexity index is 1720. The minimum absolute atomic E-state index is 0.0642. The van der Waals surface area contributed by atoms with E-state index in [0.29, 0.717) is 37.1 Å². The Balaban J connectivity index is 1.43.